The number of carbonyl (C=O) groups excluding carboxylic acids is 1. The van der Waals surface area contributed by atoms with Crippen LogP contribution in [0.3, 0.4) is 0 Å². The molecule has 4 nitrogen and oxygen atoms in total. The molecule has 3 aromatic rings. The number of halogens is 2. The maximum absolute atomic E-state index is 13.6. The number of nitrogens with zero attached hydrogens (tertiary/aromatic N) is 1. The Morgan fingerprint density at radius 1 is 1.14 bits per heavy atom. The van der Waals surface area contributed by atoms with Gasteiger partial charge in [-0.25, -0.2) is 4.99 Å². The molecule has 0 unspecified atom stereocenters. The van der Waals surface area contributed by atoms with E-state index in [1.54, 1.807) is 47.9 Å². The maximum Gasteiger partial charge on any atom is 0.259 e. The second kappa shape index (κ2) is 11.0. The number of thiophene rings is 1. The number of hydrogen-bond donors (Lipinski definition) is 1. The Morgan fingerprint density at radius 3 is 2.50 bits per heavy atom. The van der Waals surface area contributed by atoms with E-state index in [0.717, 1.165) is 30.4 Å². The van der Waals surface area contributed by atoms with E-state index in [-0.39, 0.29) is 17.4 Å². The molecule has 0 bridgehead atoms. The Balaban J connectivity index is 1.73. The van der Waals surface area contributed by atoms with Gasteiger partial charge in [0.1, 0.15) is 10.8 Å². The number of fused-ring (bicyclic) bond motifs is 1. The maximum atomic E-state index is 13.6. The van der Waals surface area contributed by atoms with Gasteiger partial charge in [0.2, 0.25) is 0 Å². The largest absolute Gasteiger partial charge is 0.490 e. The van der Waals surface area contributed by atoms with Crippen LogP contribution in [0.4, 0.5) is 10.7 Å². The first-order chi connectivity index (χ1) is 17.0. The molecule has 190 valence electrons. The molecule has 1 atom stereocenters. The fourth-order valence-corrected chi connectivity index (χ4v) is 6.05. The third-order valence-electron chi connectivity index (χ3n) is 6.46. The van der Waals surface area contributed by atoms with E-state index < -0.39 is 0 Å². The summed E-state index contributed by atoms with van der Waals surface area (Å²) in [6.07, 6.45) is 4.65. The Morgan fingerprint density at radius 2 is 1.83 bits per heavy atom. The molecule has 0 fully saturated rings. The normalized spacial score (nSPS) is 15.8. The smallest absolute Gasteiger partial charge is 0.259 e. The summed E-state index contributed by atoms with van der Waals surface area (Å²) >= 11 is 13.9. The van der Waals surface area contributed by atoms with Crippen LogP contribution < -0.4 is 10.1 Å². The minimum absolute atomic E-state index is 0.0161. The summed E-state index contributed by atoms with van der Waals surface area (Å²) in [5.74, 6) is 1.12. The van der Waals surface area contributed by atoms with Crippen molar-refractivity contribution in [3.8, 4) is 5.75 Å². The van der Waals surface area contributed by atoms with E-state index in [2.05, 4.69) is 26.1 Å². The highest BCUT2D eigenvalue weighted by molar-refractivity contribution is 7.16. The second-order valence-corrected chi connectivity index (χ2v) is 12.5. The zero-order valence-electron chi connectivity index (χ0n) is 21.3. The molecule has 1 N–H and O–H groups in total. The van der Waals surface area contributed by atoms with Gasteiger partial charge in [-0.2, -0.15) is 0 Å². The predicted octanol–water partition coefficient (Wildman–Crippen LogP) is 9.00. The molecule has 36 heavy (non-hydrogen) atoms. The zero-order valence-corrected chi connectivity index (χ0v) is 23.7. The average molecular weight is 544 g/mol. The highest BCUT2D eigenvalue weighted by atomic mass is 35.5. The molecule has 0 spiro atoms. The highest BCUT2D eigenvalue weighted by Crippen LogP contribution is 2.45. The van der Waals surface area contributed by atoms with Gasteiger partial charge in [-0.1, -0.05) is 44.0 Å². The van der Waals surface area contributed by atoms with E-state index in [1.807, 2.05) is 26.0 Å². The quantitative estimate of drug-likeness (QED) is 0.316. The summed E-state index contributed by atoms with van der Waals surface area (Å²) in [5.41, 5.74) is 3.45. The van der Waals surface area contributed by atoms with Crippen molar-refractivity contribution in [1.29, 1.82) is 0 Å². The number of amides is 1. The topological polar surface area (TPSA) is 50.7 Å². The lowest BCUT2D eigenvalue weighted by molar-refractivity contribution is 0.102. The van der Waals surface area contributed by atoms with E-state index in [9.17, 15) is 4.79 Å². The van der Waals surface area contributed by atoms with E-state index >= 15 is 0 Å². The molecular weight excluding hydrogens is 511 g/mol. The van der Waals surface area contributed by atoms with Crippen LogP contribution in [0.2, 0.25) is 10.0 Å². The van der Waals surface area contributed by atoms with Crippen LogP contribution in [0.15, 0.2) is 47.5 Å². The Bertz CT molecular complexity index is 1270. The van der Waals surface area contributed by atoms with Crippen LogP contribution in [0.1, 0.15) is 67.4 Å². The first-order valence-electron chi connectivity index (χ1n) is 12.2. The Hall–Kier alpha value is -2.34. The number of rotatable bonds is 6. The lowest BCUT2D eigenvalue weighted by atomic mass is 9.72. The van der Waals surface area contributed by atoms with Gasteiger partial charge in [0, 0.05) is 32.4 Å². The van der Waals surface area contributed by atoms with Crippen molar-refractivity contribution in [2.24, 2.45) is 16.3 Å². The van der Waals surface area contributed by atoms with Crippen molar-refractivity contribution in [3.63, 3.8) is 0 Å². The first-order valence-corrected chi connectivity index (χ1v) is 13.8. The summed E-state index contributed by atoms with van der Waals surface area (Å²) < 4.78 is 5.95. The van der Waals surface area contributed by atoms with Crippen LogP contribution in [0.25, 0.3) is 0 Å². The van der Waals surface area contributed by atoms with Crippen LogP contribution in [-0.4, -0.2) is 18.2 Å². The van der Waals surface area contributed by atoms with Gasteiger partial charge >= 0.3 is 0 Å². The monoisotopic (exact) mass is 542 g/mol. The van der Waals surface area contributed by atoms with Crippen molar-refractivity contribution in [2.75, 3.05) is 5.32 Å². The van der Waals surface area contributed by atoms with Crippen LogP contribution in [0.5, 0.6) is 5.75 Å². The molecule has 1 amide bonds. The second-order valence-electron chi connectivity index (χ2n) is 10.6. The minimum atomic E-state index is -0.152. The Kier molecular flexibility index (Phi) is 8.13. The molecule has 0 saturated heterocycles. The van der Waals surface area contributed by atoms with Gasteiger partial charge in [-0.05, 0) is 92.5 Å². The number of benzene rings is 2. The first kappa shape index (κ1) is 26.7. The average Bonchev–Trinajstić information content (AvgIpc) is 3.17. The van der Waals surface area contributed by atoms with Crippen molar-refractivity contribution < 1.29 is 9.53 Å². The molecule has 2 aromatic carbocycles. The van der Waals surface area contributed by atoms with Gasteiger partial charge in [0.05, 0.1) is 11.7 Å². The third kappa shape index (κ3) is 6.31. The van der Waals surface area contributed by atoms with Crippen molar-refractivity contribution >= 4 is 57.3 Å². The van der Waals surface area contributed by atoms with Gasteiger partial charge in [-0.3, -0.25) is 4.79 Å². The Labute approximate surface area is 227 Å². The molecular formula is C29H32Cl2N2O2S. The fraction of sp³-hybridized carbons (Fsp3) is 0.379. The predicted molar refractivity (Wildman–Crippen MR) is 153 cm³/mol. The molecule has 0 radical (unpaired) electrons. The molecule has 7 heteroatoms. The lowest BCUT2D eigenvalue weighted by Crippen LogP contribution is -2.27. The van der Waals surface area contributed by atoms with E-state index in [0.29, 0.717) is 38.0 Å². The number of hydrogen-bond acceptors (Lipinski definition) is 4. The summed E-state index contributed by atoms with van der Waals surface area (Å²) in [6.45, 7) is 10.8. The number of carbonyl (C=O) groups is 1. The molecule has 1 aromatic heterocycles. The summed E-state index contributed by atoms with van der Waals surface area (Å²) in [6, 6.07) is 12.6. The summed E-state index contributed by atoms with van der Waals surface area (Å²) in [4.78, 5) is 19.6. The molecule has 4 rings (SSSR count). The molecule has 0 saturated carbocycles. The summed E-state index contributed by atoms with van der Waals surface area (Å²) in [7, 11) is 0. The zero-order chi connectivity index (χ0) is 26.0. The fourth-order valence-electron chi connectivity index (χ4n) is 4.47. The lowest BCUT2D eigenvalue weighted by Gasteiger charge is -2.33. The molecule has 0 aliphatic heterocycles. The van der Waals surface area contributed by atoms with Gasteiger partial charge in [0.25, 0.3) is 5.91 Å². The number of ether oxygens (including phenoxy) is 1. The van der Waals surface area contributed by atoms with E-state index in [1.165, 1.54) is 4.88 Å². The van der Waals surface area contributed by atoms with E-state index in [4.69, 9.17) is 32.9 Å². The number of aliphatic imine (C=N–C) groups is 1. The number of anilines is 1. The summed E-state index contributed by atoms with van der Waals surface area (Å²) in [5, 5.41) is 4.97. The standard InChI is InChI=1S/C29H32Cl2N2O2S/c1-17(2)35-24-13-9-21(31)14-18(24)16-32-28-26(27(34)33-22-10-7-20(30)8-11-22)23-12-6-19(29(3,4)5)15-25(23)36-28/h7-11,13-14,16-17,19H,6,12,15H2,1-5H3,(H,33,34)/t19-/m1/s1. The van der Waals surface area contributed by atoms with Crippen LogP contribution in [-0.2, 0) is 12.8 Å². The van der Waals surface area contributed by atoms with Crippen LogP contribution >= 0.6 is 34.5 Å². The third-order valence-corrected chi connectivity index (χ3v) is 8.11. The SMILES string of the molecule is CC(C)Oc1ccc(Cl)cc1C=Nc1sc2c(c1C(=O)Nc1ccc(Cl)cc1)CC[C@@H](C(C)(C)C)C2. The molecule has 1 aliphatic rings. The van der Waals surface area contributed by atoms with Crippen molar-refractivity contribution in [2.45, 2.75) is 60.0 Å². The van der Waals surface area contributed by atoms with Gasteiger partial charge in [0.15, 0.2) is 0 Å². The van der Waals surface area contributed by atoms with Crippen molar-refractivity contribution in [3.05, 3.63) is 74.1 Å². The van der Waals surface area contributed by atoms with Gasteiger partial charge < -0.3 is 10.1 Å². The molecule has 1 aliphatic carbocycles. The van der Waals surface area contributed by atoms with Crippen molar-refractivity contribution in [1.82, 2.24) is 0 Å². The molecule has 1 heterocycles. The minimum Gasteiger partial charge on any atom is -0.490 e. The highest BCUT2D eigenvalue weighted by Gasteiger charge is 2.33. The number of nitrogens with one attached hydrogen (secondary N) is 1. The van der Waals surface area contributed by atoms with Gasteiger partial charge in [-0.15, -0.1) is 11.3 Å². The van der Waals surface area contributed by atoms with Crippen LogP contribution in [0, 0.1) is 11.3 Å².